The molecule has 0 spiro atoms. The molecule has 2 heterocycles. The third-order valence-electron chi connectivity index (χ3n) is 2.81. The maximum Gasteiger partial charge on any atom is 0.326 e. The lowest BCUT2D eigenvalue weighted by molar-refractivity contribution is -0.140. The van der Waals surface area contributed by atoms with Crippen LogP contribution in [0.15, 0.2) is 22.6 Å². The van der Waals surface area contributed by atoms with E-state index in [1.54, 1.807) is 19.2 Å². The Labute approximate surface area is 117 Å². The topological polar surface area (TPSA) is 101 Å². The average molecular weight is 295 g/mol. The van der Waals surface area contributed by atoms with Crippen molar-refractivity contribution < 1.29 is 14.7 Å². The van der Waals surface area contributed by atoms with Crippen LogP contribution in [0.3, 0.4) is 0 Å². The summed E-state index contributed by atoms with van der Waals surface area (Å²) >= 11 is 1.27. The molecule has 2 aromatic rings. The zero-order chi connectivity index (χ0) is 14.9. The number of hydrogen-bond acceptors (Lipinski definition) is 5. The molecule has 106 valence electrons. The molecule has 7 nitrogen and oxygen atoms in total. The fraction of sp³-hybridized carbons (Fsp3) is 0.333. The van der Waals surface area contributed by atoms with Crippen LogP contribution in [0.2, 0.25) is 0 Å². The number of thiazole rings is 1. The third-order valence-corrected chi connectivity index (χ3v) is 3.58. The van der Waals surface area contributed by atoms with Gasteiger partial charge in [-0.3, -0.25) is 14.0 Å². The number of carbonyl (C=O) groups is 2. The Balaban J connectivity index is 2.34. The van der Waals surface area contributed by atoms with Gasteiger partial charge in [0.15, 0.2) is 4.96 Å². The number of carboxylic acids is 1. The number of carbonyl (C=O) groups excluding carboxylic acids is 1. The van der Waals surface area contributed by atoms with Crippen LogP contribution in [-0.4, -0.2) is 32.4 Å². The summed E-state index contributed by atoms with van der Waals surface area (Å²) in [6.45, 7) is 3.35. The van der Waals surface area contributed by atoms with E-state index >= 15 is 0 Å². The second kappa shape index (κ2) is 5.41. The maximum absolute atomic E-state index is 12.1. The Kier molecular flexibility index (Phi) is 3.84. The molecule has 0 aliphatic rings. The molecule has 2 aromatic heterocycles. The van der Waals surface area contributed by atoms with Crippen molar-refractivity contribution in [2.24, 2.45) is 5.92 Å². The van der Waals surface area contributed by atoms with E-state index in [0.717, 1.165) is 0 Å². The summed E-state index contributed by atoms with van der Waals surface area (Å²) in [7, 11) is 0. The second-order valence-corrected chi connectivity index (χ2v) is 5.44. The van der Waals surface area contributed by atoms with Gasteiger partial charge in [-0.05, 0) is 5.92 Å². The molecule has 0 radical (unpaired) electrons. The van der Waals surface area contributed by atoms with E-state index in [9.17, 15) is 14.4 Å². The minimum atomic E-state index is -1.14. The number of rotatable bonds is 4. The molecule has 0 bridgehead atoms. The fourth-order valence-electron chi connectivity index (χ4n) is 1.71. The molecule has 0 unspecified atom stereocenters. The molecule has 1 amide bonds. The summed E-state index contributed by atoms with van der Waals surface area (Å²) in [4.78, 5) is 39.6. The van der Waals surface area contributed by atoms with E-state index in [-0.39, 0.29) is 11.5 Å². The highest BCUT2D eigenvalue weighted by Crippen LogP contribution is 2.07. The van der Waals surface area contributed by atoms with Crippen molar-refractivity contribution in [1.29, 1.82) is 0 Å². The summed E-state index contributed by atoms with van der Waals surface area (Å²) in [6, 6.07) is -1.05. The number of aromatic nitrogens is 2. The van der Waals surface area contributed by atoms with Crippen LogP contribution in [0.1, 0.15) is 24.2 Å². The van der Waals surface area contributed by atoms with Crippen molar-refractivity contribution in [3.05, 3.63) is 33.7 Å². The smallest absolute Gasteiger partial charge is 0.326 e. The Bertz CT molecular complexity index is 719. The van der Waals surface area contributed by atoms with Gasteiger partial charge in [0.05, 0.1) is 0 Å². The van der Waals surface area contributed by atoms with Gasteiger partial charge in [0, 0.05) is 17.8 Å². The first-order valence-electron chi connectivity index (χ1n) is 5.90. The van der Waals surface area contributed by atoms with Crippen molar-refractivity contribution >= 4 is 28.2 Å². The van der Waals surface area contributed by atoms with Crippen molar-refractivity contribution in [3.63, 3.8) is 0 Å². The van der Waals surface area contributed by atoms with Crippen LogP contribution < -0.4 is 10.9 Å². The molecule has 0 aliphatic carbocycles. The van der Waals surface area contributed by atoms with Crippen molar-refractivity contribution in [2.45, 2.75) is 19.9 Å². The zero-order valence-corrected chi connectivity index (χ0v) is 11.7. The molecule has 0 aliphatic heterocycles. The normalized spacial score (nSPS) is 12.6. The van der Waals surface area contributed by atoms with Crippen LogP contribution in [0.25, 0.3) is 4.96 Å². The molecule has 8 heteroatoms. The van der Waals surface area contributed by atoms with Crippen LogP contribution in [0.5, 0.6) is 0 Å². The van der Waals surface area contributed by atoms with Gasteiger partial charge >= 0.3 is 5.97 Å². The van der Waals surface area contributed by atoms with Gasteiger partial charge in [-0.1, -0.05) is 13.8 Å². The van der Waals surface area contributed by atoms with E-state index in [1.807, 2.05) is 0 Å². The number of carboxylic acid groups (broad SMARTS) is 1. The maximum atomic E-state index is 12.1. The number of nitrogens with zero attached hydrogens (tertiary/aromatic N) is 2. The number of nitrogens with one attached hydrogen (secondary N) is 1. The lowest BCUT2D eigenvalue weighted by atomic mass is 10.0. The minimum Gasteiger partial charge on any atom is -0.480 e. The van der Waals surface area contributed by atoms with Crippen LogP contribution in [-0.2, 0) is 4.79 Å². The molecular formula is C12H13N3O4S. The van der Waals surface area contributed by atoms with Crippen molar-refractivity contribution in [3.8, 4) is 0 Å². The molecule has 0 saturated carbocycles. The van der Waals surface area contributed by atoms with Gasteiger partial charge in [0.25, 0.3) is 11.5 Å². The molecule has 20 heavy (non-hydrogen) atoms. The molecule has 0 saturated heterocycles. The second-order valence-electron chi connectivity index (χ2n) is 4.57. The SMILES string of the molecule is CC(C)[C@H](NC(=O)c1cnc2sccn2c1=O)C(=O)O. The molecule has 2 rings (SSSR count). The quantitative estimate of drug-likeness (QED) is 0.860. The van der Waals surface area contributed by atoms with E-state index in [0.29, 0.717) is 4.96 Å². The van der Waals surface area contributed by atoms with Gasteiger partial charge in [-0.15, -0.1) is 11.3 Å². The van der Waals surface area contributed by atoms with Crippen LogP contribution in [0, 0.1) is 5.92 Å². The monoisotopic (exact) mass is 295 g/mol. The standard InChI is InChI=1S/C12H13N3O4S/c1-6(2)8(11(18)19)14-9(16)7-5-13-12-15(10(7)17)3-4-20-12/h3-6,8H,1-2H3,(H,14,16)(H,18,19)/t8-/m0/s1. The summed E-state index contributed by atoms with van der Waals surface area (Å²) < 4.78 is 1.25. The number of amides is 1. The summed E-state index contributed by atoms with van der Waals surface area (Å²) in [5.41, 5.74) is -0.686. The Hall–Kier alpha value is -2.22. The number of fused-ring (bicyclic) bond motifs is 1. The predicted molar refractivity (Wildman–Crippen MR) is 73.1 cm³/mol. The third kappa shape index (κ3) is 2.55. The van der Waals surface area contributed by atoms with E-state index < -0.39 is 23.5 Å². The van der Waals surface area contributed by atoms with Gasteiger partial charge in [-0.2, -0.15) is 0 Å². The number of aliphatic carboxylic acids is 1. The summed E-state index contributed by atoms with van der Waals surface area (Å²) in [5.74, 6) is -2.17. The molecular weight excluding hydrogens is 282 g/mol. The Morgan fingerprint density at radius 2 is 2.15 bits per heavy atom. The van der Waals surface area contributed by atoms with Crippen molar-refractivity contribution in [1.82, 2.24) is 14.7 Å². The molecule has 2 N–H and O–H groups in total. The van der Waals surface area contributed by atoms with Gasteiger partial charge < -0.3 is 10.4 Å². The highest BCUT2D eigenvalue weighted by molar-refractivity contribution is 7.15. The van der Waals surface area contributed by atoms with Crippen LogP contribution in [0.4, 0.5) is 0 Å². The van der Waals surface area contributed by atoms with E-state index in [1.165, 1.54) is 28.1 Å². The lowest BCUT2D eigenvalue weighted by Gasteiger charge is -2.17. The first-order chi connectivity index (χ1) is 9.41. The summed E-state index contributed by atoms with van der Waals surface area (Å²) in [6.07, 6.45) is 2.69. The molecule has 1 atom stereocenters. The van der Waals surface area contributed by atoms with Crippen molar-refractivity contribution in [2.75, 3.05) is 0 Å². The first-order valence-corrected chi connectivity index (χ1v) is 6.78. The van der Waals surface area contributed by atoms with Gasteiger partial charge in [0.2, 0.25) is 0 Å². The summed E-state index contributed by atoms with van der Waals surface area (Å²) in [5, 5.41) is 13.1. The lowest BCUT2D eigenvalue weighted by Crippen LogP contribution is -2.45. The van der Waals surface area contributed by atoms with Gasteiger partial charge in [-0.25, -0.2) is 9.78 Å². The van der Waals surface area contributed by atoms with Crippen LogP contribution >= 0.6 is 11.3 Å². The van der Waals surface area contributed by atoms with Gasteiger partial charge in [0.1, 0.15) is 11.6 Å². The van der Waals surface area contributed by atoms with E-state index in [4.69, 9.17) is 5.11 Å². The largest absolute Gasteiger partial charge is 0.480 e. The Morgan fingerprint density at radius 1 is 1.45 bits per heavy atom. The highest BCUT2D eigenvalue weighted by Gasteiger charge is 2.25. The fourth-order valence-corrected chi connectivity index (χ4v) is 2.39. The molecule has 0 aromatic carbocycles. The molecule has 0 fully saturated rings. The average Bonchev–Trinajstić information content (AvgIpc) is 2.84. The van der Waals surface area contributed by atoms with E-state index in [2.05, 4.69) is 10.3 Å². The minimum absolute atomic E-state index is 0.173. The predicted octanol–water partition coefficient (Wildman–Crippen LogP) is 0.595. The number of hydrogen-bond donors (Lipinski definition) is 2. The highest BCUT2D eigenvalue weighted by atomic mass is 32.1. The zero-order valence-electron chi connectivity index (χ0n) is 10.9. The first kappa shape index (κ1) is 14.2. The Morgan fingerprint density at radius 3 is 2.75 bits per heavy atom.